The molecule has 0 aromatic rings. The molecule has 2 aliphatic carbocycles. The van der Waals surface area contributed by atoms with Crippen molar-refractivity contribution in [2.24, 2.45) is 17.8 Å². The maximum Gasteiger partial charge on any atom is 0.0278 e. The summed E-state index contributed by atoms with van der Waals surface area (Å²) in [7, 11) is 0. The predicted molar refractivity (Wildman–Crippen MR) is 90.5 cm³/mol. The number of rotatable bonds is 4. The first-order valence-corrected chi connectivity index (χ1v) is 9.69. The summed E-state index contributed by atoms with van der Waals surface area (Å²) in [5, 5.41) is 3.84. The molecule has 5 unspecified atom stereocenters. The van der Waals surface area contributed by atoms with Crippen molar-refractivity contribution in [3.63, 3.8) is 0 Å². The van der Waals surface area contributed by atoms with Gasteiger partial charge in [-0.25, -0.2) is 0 Å². The van der Waals surface area contributed by atoms with E-state index in [-0.39, 0.29) is 0 Å². The second kappa shape index (κ2) is 7.00. The summed E-state index contributed by atoms with van der Waals surface area (Å²) in [5.41, 5.74) is 0. The molecule has 1 saturated heterocycles. The van der Waals surface area contributed by atoms with Crippen LogP contribution in [0.2, 0.25) is 0 Å². The van der Waals surface area contributed by atoms with Crippen molar-refractivity contribution in [3.05, 3.63) is 0 Å². The van der Waals surface area contributed by atoms with Gasteiger partial charge in [0.25, 0.3) is 0 Å². The molecule has 2 saturated carbocycles. The molecule has 2 heteroatoms. The molecular formula is C19H36N2. The van der Waals surface area contributed by atoms with Crippen molar-refractivity contribution in [1.29, 1.82) is 0 Å². The Morgan fingerprint density at radius 1 is 1.00 bits per heavy atom. The van der Waals surface area contributed by atoms with Gasteiger partial charge in [0.2, 0.25) is 0 Å². The van der Waals surface area contributed by atoms with Crippen LogP contribution in [0.5, 0.6) is 0 Å². The molecule has 122 valence electrons. The topological polar surface area (TPSA) is 15.3 Å². The molecule has 0 bridgehead atoms. The first kappa shape index (κ1) is 15.8. The number of hydrogen-bond acceptors (Lipinski definition) is 2. The first-order chi connectivity index (χ1) is 10.2. The Bertz CT molecular complexity index is 324. The third kappa shape index (κ3) is 3.32. The Morgan fingerprint density at radius 2 is 1.76 bits per heavy atom. The van der Waals surface area contributed by atoms with Crippen molar-refractivity contribution < 1.29 is 0 Å². The summed E-state index contributed by atoms with van der Waals surface area (Å²) in [6, 6.07) is 2.44. The van der Waals surface area contributed by atoms with Crippen LogP contribution in [0.4, 0.5) is 0 Å². The van der Waals surface area contributed by atoms with Crippen molar-refractivity contribution in [2.75, 3.05) is 13.1 Å². The predicted octanol–water partition coefficient (Wildman–Crippen LogP) is 4.05. The summed E-state index contributed by atoms with van der Waals surface area (Å²) in [6.45, 7) is 9.75. The third-order valence-corrected chi connectivity index (χ3v) is 6.56. The lowest BCUT2D eigenvalue weighted by molar-refractivity contribution is 0.0356. The van der Waals surface area contributed by atoms with E-state index >= 15 is 0 Å². The fourth-order valence-electron chi connectivity index (χ4n) is 5.90. The van der Waals surface area contributed by atoms with Crippen LogP contribution in [-0.2, 0) is 0 Å². The fraction of sp³-hybridized carbons (Fsp3) is 1.00. The summed E-state index contributed by atoms with van der Waals surface area (Å²) < 4.78 is 0. The number of nitrogens with one attached hydrogen (secondary N) is 1. The molecule has 2 nitrogen and oxygen atoms in total. The van der Waals surface area contributed by atoms with Crippen LogP contribution < -0.4 is 5.32 Å². The van der Waals surface area contributed by atoms with Crippen LogP contribution in [0, 0.1) is 17.8 Å². The van der Waals surface area contributed by atoms with E-state index in [1.165, 1.54) is 57.9 Å². The van der Waals surface area contributed by atoms with Crippen LogP contribution >= 0.6 is 0 Å². The van der Waals surface area contributed by atoms with Gasteiger partial charge >= 0.3 is 0 Å². The average Bonchev–Trinajstić information content (AvgIpc) is 3.08. The fourth-order valence-corrected chi connectivity index (χ4v) is 5.90. The zero-order valence-electron chi connectivity index (χ0n) is 14.5. The van der Waals surface area contributed by atoms with Crippen LogP contribution in [-0.4, -0.2) is 36.1 Å². The molecule has 1 aliphatic heterocycles. The summed E-state index contributed by atoms with van der Waals surface area (Å²) in [6.07, 6.45) is 11.7. The van der Waals surface area contributed by atoms with Crippen molar-refractivity contribution in [3.8, 4) is 0 Å². The number of likely N-dealkylation sites (tertiary alicyclic amines) is 1. The highest BCUT2D eigenvalue weighted by molar-refractivity contribution is 4.99. The van der Waals surface area contributed by atoms with Gasteiger partial charge in [0.05, 0.1) is 0 Å². The number of nitrogens with zero attached hydrogens (tertiary/aromatic N) is 1. The summed E-state index contributed by atoms with van der Waals surface area (Å²) in [5.74, 6) is 2.77. The minimum absolute atomic E-state index is 0.732. The van der Waals surface area contributed by atoms with Gasteiger partial charge in [0.1, 0.15) is 0 Å². The largest absolute Gasteiger partial charge is 0.313 e. The highest BCUT2D eigenvalue weighted by Gasteiger charge is 2.43. The SMILES string of the molecule is CCNC1CC(C)CC(C)C1N1CCCC1C1CCCC1. The molecule has 3 fully saturated rings. The lowest BCUT2D eigenvalue weighted by Gasteiger charge is -2.48. The van der Waals surface area contributed by atoms with E-state index < -0.39 is 0 Å². The van der Waals surface area contributed by atoms with Crippen molar-refractivity contribution >= 4 is 0 Å². The average molecular weight is 293 g/mol. The molecule has 21 heavy (non-hydrogen) atoms. The highest BCUT2D eigenvalue weighted by atomic mass is 15.2. The van der Waals surface area contributed by atoms with Gasteiger partial charge in [0, 0.05) is 18.1 Å². The van der Waals surface area contributed by atoms with Crippen LogP contribution in [0.3, 0.4) is 0 Å². The third-order valence-electron chi connectivity index (χ3n) is 6.56. The minimum atomic E-state index is 0.732. The molecule has 1 heterocycles. The highest BCUT2D eigenvalue weighted by Crippen LogP contribution is 2.41. The molecule has 0 radical (unpaired) electrons. The molecular weight excluding hydrogens is 256 g/mol. The van der Waals surface area contributed by atoms with Crippen molar-refractivity contribution in [1.82, 2.24) is 10.2 Å². The molecule has 0 aromatic heterocycles. The van der Waals surface area contributed by atoms with Gasteiger partial charge in [-0.15, -0.1) is 0 Å². The van der Waals surface area contributed by atoms with Crippen LogP contribution in [0.15, 0.2) is 0 Å². The van der Waals surface area contributed by atoms with Gasteiger partial charge in [-0.05, 0) is 69.4 Å². The molecule has 3 aliphatic rings. The van der Waals surface area contributed by atoms with Gasteiger partial charge < -0.3 is 5.32 Å². The van der Waals surface area contributed by atoms with Gasteiger partial charge in [-0.1, -0.05) is 33.6 Å². The second-order valence-electron chi connectivity index (χ2n) is 8.20. The Kier molecular flexibility index (Phi) is 5.27. The van der Waals surface area contributed by atoms with Gasteiger partial charge in [-0.3, -0.25) is 4.90 Å². The second-order valence-corrected chi connectivity index (χ2v) is 8.20. The Balaban J connectivity index is 1.74. The monoisotopic (exact) mass is 292 g/mol. The van der Waals surface area contributed by atoms with E-state index in [1.807, 2.05) is 0 Å². The maximum absolute atomic E-state index is 3.84. The lowest BCUT2D eigenvalue weighted by Crippen LogP contribution is -2.58. The summed E-state index contributed by atoms with van der Waals surface area (Å²) in [4.78, 5) is 2.97. The van der Waals surface area contributed by atoms with E-state index in [9.17, 15) is 0 Å². The van der Waals surface area contributed by atoms with Crippen LogP contribution in [0.25, 0.3) is 0 Å². The number of likely N-dealkylation sites (N-methyl/N-ethyl adjacent to an activating group) is 1. The van der Waals surface area contributed by atoms with E-state index in [1.54, 1.807) is 0 Å². The Labute approximate surface area is 132 Å². The molecule has 1 N–H and O–H groups in total. The Morgan fingerprint density at radius 3 is 2.48 bits per heavy atom. The maximum atomic E-state index is 3.84. The molecule has 5 atom stereocenters. The Hall–Kier alpha value is -0.0800. The normalized spacial score (nSPS) is 42.7. The molecule has 0 spiro atoms. The van der Waals surface area contributed by atoms with E-state index in [2.05, 4.69) is 31.0 Å². The zero-order valence-corrected chi connectivity index (χ0v) is 14.5. The molecule has 0 amide bonds. The van der Waals surface area contributed by atoms with Gasteiger partial charge in [0.15, 0.2) is 0 Å². The van der Waals surface area contributed by atoms with E-state index in [0.29, 0.717) is 0 Å². The lowest BCUT2D eigenvalue weighted by atomic mass is 9.75. The van der Waals surface area contributed by atoms with E-state index in [4.69, 9.17) is 0 Å². The number of hydrogen-bond donors (Lipinski definition) is 1. The van der Waals surface area contributed by atoms with Crippen molar-refractivity contribution in [2.45, 2.75) is 90.3 Å². The van der Waals surface area contributed by atoms with E-state index in [0.717, 1.165) is 42.4 Å². The standard InChI is InChI=1S/C19H36N2/c1-4-20-17-13-14(2)12-15(3)19(17)21-11-7-10-18(21)16-8-5-6-9-16/h14-20H,4-13H2,1-3H3. The van der Waals surface area contributed by atoms with Gasteiger partial charge in [-0.2, -0.15) is 0 Å². The minimum Gasteiger partial charge on any atom is -0.313 e. The smallest absolute Gasteiger partial charge is 0.0278 e. The van der Waals surface area contributed by atoms with Crippen LogP contribution in [0.1, 0.15) is 72.1 Å². The molecule has 3 rings (SSSR count). The quantitative estimate of drug-likeness (QED) is 0.841. The summed E-state index contributed by atoms with van der Waals surface area (Å²) >= 11 is 0. The molecule has 0 aromatic carbocycles. The first-order valence-electron chi connectivity index (χ1n) is 9.69. The zero-order chi connectivity index (χ0) is 14.8.